The van der Waals surface area contributed by atoms with E-state index in [-0.39, 0.29) is 0 Å². The number of aromatic nitrogens is 3. The highest BCUT2D eigenvalue weighted by Crippen LogP contribution is 2.25. The zero-order chi connectivity index (χ0) is 20.1. The van der Waals surface area contributed by atoms with Crippen molar-refractivity contribution in [3.8, 4) is 0 Å². The molecule has 3 heterocycles. The minimum atomic E-state index is 0.567. The fourth-order valence-electron chi connectivity index (χ4n) is 4.02. The van der Waals surface area contributed by atoms with Crippen LogP contribution in [-0.4, -0.2) is 80.3 Å². The van der Waals surface area contributed by atoms with Crippen LogP contribution >= 0.6 is 11.8 Å². The Morgan fingerprint density at radius 2 is 2.14 bits per heavy atom. The van der Waals surface area contributed by atoms with Gasteiger partial charge in [0, 0.05) is 43.7 Å². The smallest absolute Gasteiger partial charge is 0.194 e. The summed E-state index contributed by atoms with van der Waals surface area (Å²) >= 11 is 2.10. The van der Waals surface area contributed by atoms with Gasteiger partial charge < -0.3 is 14.8 Å². The third kappa shape index (κ3) is 5.20. The minimum absolute atomic E-state index is 0.567. The molecule has 2 unspecified atom stereocenters. The Bertz CT molecular complexity index is 657. The number of nitrogens with zero attached hydrogens (tertiary/aromatic N) is 6. The summed E-state index contributed by atoms with van der Waals surface area (Å²) in [4.78, 5) is 10.0. The normalized spacial score (nSPS) is 24.4. The predicted molar refractivity (Wildman–Crippen MR) is 118 cm³/mol. The van der Waals surface area contributed by atoms with Crippen LogP contribution < -0.4 is 5.32 Å². The van der Waals surface area contributed by atoms with Crippen LogP contribution in [0.25, 0.3) is 0 Å². The molecule has 158 valence electrons. The van der Waals surface area contributed by atoms with Crippen LogP contribution in [-0.2, 0) is 13.6 Å². The molecule has 0 aliphatic carbocycles. The Balaban J connectivity index is 1.71. The van der Waals surface area contributed by atoms with Crippen molar-refractivity contribution in [2.45, 2.75) is 58.4 Å². The molecular weight excluding hydrogens is 370 g/mol. The third-order valence-electron chi connectivity index (χ3n) is 6.09. The molecule has 2 aliphatic rings. The summed E-state index contributed by atoms with van der Waals surface area (Å²) in [5.74, 6) is 4.73. The number of hydrogen-bond acceptors (Lipinski definition) is 5. The lowest BCUT2D eigenvalue weighted by molar-refractivity contribution is 0.264. The van der Waals surface area contributed by atoms with Crippen molar-refractivity contribution >= 4 is 17.7 Å². The Morgan fingerprint density at radius 1 is 1.32 bits per heavy atom. The summed E-state index contributed by atoms with van der Waals surface area (Å²) in [6.45, 7) is 14.9. The van der Waals surface area contributed by atoms with Gasteiger partial charge in [-0.1, -0.05) is 20.8 Å². The highest BCUT2D eigenvalue weighted by atomic mass is 32.2. The summed E-state index contributed by atoms with van der Waals surface area (Å²) in [6, 6.07) is 0.618. The van der Waals surface area contributed by atoms with Crippen molar-refractivity contribution in [2.24, 2.45) is 18.0 Å². The van der Waals surface area contributed by atoms with Crippen LogP contribution in [0, 0.1) is 12.8 Å². The molecule has 1 aromatic heterocycles. The summed E-state index contributed by atoms with van der Waals surface area (Å²) in [5, 5.41) is 12.8. The third-order valence-corrected chi connectivity index (χ3v) is 7.63. The van der Waals surface area contributed by atoms with Crippen LogP contribution in [0.3, 0.4) is 0 Å². The fourth-order valence-corrected chi connectivity index (χ4v) is 5.32. The van der Waals surface area contributed by atoms with Gasteiger partial charge in [-0.25, -0.2) is 4.99 Å². The maximum absolute atomic E-state index is 4.98. The van der Waals surface area contributed by atoms with E-state index >= 15 is 0 Å². The first-order valence-corrected chi connectivity index (χ1v) is 11.8. The predicted octanol–water partition coefficient (Wildman–Crippen LogP) is 2.13. The summed E-state index contributed by atoms with van der Waals surface area (Å²) in [7, 11) is 2.01. The van der Waals surface area contributed by atoms with Crippen LogP contribution in [0.4, 0.5) is 0 Å². The second-order valence-electron chi connectivity index (χ2n) is 8.27. The standard InChI is InChI=1S/C20H37N7S/c1-6-26-9-7-8-17(26)12-21-20(22-13-19-24-23-16(4)25(19)5)27-10-11-28-18(14-27)15(2)3/h15,17-18H,6-14H2,1-5H3,(H,21,22). The number of rotatable bonds is 6. The SMILES string of the molecule is CCN1CCCC1CNC(=NCc1nnc(C)n1C)N1CCSC(C(C)C)C1. The molecule has 0 spiro atoms. The van der Waals surface area contributed by atoms with Crippen LogP contribution in [0.5, 0.6) is 0 Å². The Morgan fingerprint density at radius 3 is 2.82 bits per heavy atom. The van der Waals surface area contributed by atoms with E-state index in [9.17, 15) is 0 Å². The van der Waals surface area contributed by atoms with Crippen LogP contribution in [0.1, 0.15) is 45.3 Å². The van der Waals surface area contributed by atoms with Gasteiger partial charge in [0.25, 0.3) is 0 Å². The Kier molecular flexibility index (Phi) is 7.62. The van der Waals surface area contributed by atoms with E-state index in [4.69, 9.17) is 4.99 Å². The molecule has 3 rings (SSSR count). The Labute approximate surface area is 174 Å². The van der Waals surface area contributed by atoms with Gasteiger partial charge in [0.05, 0.1) is 0 Å². The lowest BCUT2D eigenvalue weighted by Gasteiger charge is -2.37. The van der Waals surface area contributed by atoms with Crippen LogP contribution in [0.2, 0.25) is 0 Å². The number of nitrogens with one attached hydrogen (secondary N) is 1. The largest absolute Gasteiger partial charge is 0.355 e. The summed E-state index contributed by atoms with van der Waals surface area (Å²) in [5.41, 5.74) is 0. The second-order valence-corrected chi connectivity index (χ2v) is 9.61. The Hall–Kier alpha value is -1.28. The van der Waals surface area contributed by atoms with E-state index in [1.807, 2.05) is 18.5 Å². The first-order valence-electron chi connectivity index (χ1n) is 10.7. The quantitative estimate of drug-likeness (QED) is 0.576. The van der Waals surface area contributed by atoms with Gasteiger partial charge in [-0.3, -0.25) is 4.90 Å². The van der Waals surface area contributed by atoms with Gasteiger partial charge in [-0.2, -0.15) is 11.8 Å². The summed E-state index contributed by atoms with van der Waals surface area (Å²) in [6.07, 6.45) is 2.59. The molecule has 28 heavy (non-hydrogen) atoms. The van der Waals surface area contributed by atoms with Crippen molar-refractivity contribution in [1.29, 1.82) is 0 Å². The molecule has 1 N–H and O–H groups in total. The monoisotopic (exact) mass is 407 g/mol. The van der Waals surface area contributed by atoms with E-state index in [1.165, 1.54) is 19.4 Å². The molecule has 2 atom stereocenters. The lowest BCUT2D eigenvalue weighted by Crippen LogP contribution is -2.51. The van der Waals surface area contributed by atoms with Crippen molar-refractivity contribution < 1.29 is 0 Å². The minimum Gasteiger partial charge on any atom is -0.355 e. The molecular formula is C20H37N7S. The molecule has 0 radical (unpaired) electrons. The van der Waals surface area contributed by atoms with Gasteiger partial charge >= 0.3 is 0 Å². The zero-order valence-corrected chi connectivity index (χ0v) is 19.0. The van der Waals surface area contributed by atoms with E-state index in [1.54, 1.807) is 0 Å². The maximum Gasteiger partial charge on any atom is 0.194 e. The van der Waals surface area contributed by atoms with Crippen molar-refractivity contribution in [3.63, 3.8) is 0 Å². The number of thioether (sulfide) groups is 1. The van der Waals surface area contributed by atoms with E-state index < -0.39 is 0 Å². The van der Waals surface area contributed by atoms with Gasteiger partial charge in [0.1, 0.15) is 12.4 Å². The molecule has 7 nitrogen and oxygen atoms in total. The maximum atomic E-state index is 4.98. The van der Waals surface area contributed by atoms with E-state index in [0.717, 1.165) is 49.5 Å². The molecule has 0 bridgehead atoms. The number of hydrogen-bond donors (Lipinski definition) is 1. The van der Waals surface area contributed by atoms with E-state index in [0.29, 0.717) is 23.8 Å². The van der Waals surface area contributed by atoms with Crippen molar-refractivity contribution in [2.75, 3.05) is 38.5 Å². The molecule has 2 fully saturated rings. The van der Waals surface area contributed by atoms with Crippen molar-refractivity contribution in [3.05, 3.63) is 11.6 Å². The van der Waals surface area contributed by atoms with Gasteiger partial charge in [0.15, 0.2) is 11.8 Å². The second kappa shape index (κ2) is 9.96. The molecule has 1 aromatic rings. The molecule has 8 heteroatoms. The van der Waals surface area contributed by atoms with E-state index in [2.05, 4.69) is 57.8 Å². The number of guanidine groups is 1. The summed E-state index contributed by atoms with van der Waals surface area (Å²) < 4.78 is 2.03. The van der Waals surface area contributed by atoms with Gasteiger partial charge in [-0.05, 0) is 38.8 Å². The number of aliphatic imine (C=N–C) groups is 1. The van der Waals surface area contributed by atoms with Crippen LogP contribution in [0.15, 0.2) is 4.99 Å². The molecule has 0 saturated carbocycles. The van der Waals surface area contributed by atoms with Gasteiger partial charge in [-0.15, -0.1) is 10.2 Å². The highest BCUT2D eigenvalue weighted by Gasteiger charge is 2.27. The lowest BCUT2D eigenvalue weighted by atomic mass is 10.1. The van der Waals surface area contributed by atoms with Crippen molar-refractivity contribution in [1.82, 2.24) is 29.9 Å². The topological polar surface area (TPSA) is 61.6 Å². The molecule has 0 aromatic carbocycles. The average molecular weight is 408 g/mol. The fraction of sp³-hybridized carbons (Fsp3) is 0.850. The molecule has 2 saturated heterocycles. The number of aryl methyl sites for hydroxylation is 1. The first-order chi connectivity index (χ1) is 13.5. The zero-order valence-electron chi connectivity index (χ0n) is 18.2. The highest BCUT2D eigenvalue weighted by molar-refractivity contribution is 8.00. The van der Waals surface area contributed by atoms with Gasteiger partial charge in [0.2, 0.25) is 0 Å². The molecule has 2 aliphatic heterocycles. The number of likely N-dealkylation sites (N-methyl/N-ethyl adjacent to an activating group) is 1. The average Bonchev–Trinajstić information content (AvgIpc) is 3.29. The number of likely N-dealkylation sites (tertiary alicyclic amines) is 1. The first kappa shape index (κ1) is 21.4. The molecule has 0 amide bonds.